The summed E-state index contributed by atoms with van der Waals surface area (Å²) in [6.45, 7) is 3.33. The van der Waals surface area contributed by atoms with Crippen LogP contribution in [-0.4, -0.2) is 37.1 Å². The van der Waals surface area contributed by atoms with Gasteiger partial charge in [-0.2, -0.15) is 0 Å². The lowest BCUT2D eigenvalue weighted by Crippen LogP contribution is -2.32. The highest BCUT2D eigenvalue weighted by Gasteiger charge is 2.38. The molecule has 1 fully saturated rings. The zero-order valence-electron chi connectivity index (χ0n) is 12.6. The van der Waals surface area contributed by atoms with Crippen LogP contribution >= 0.6 is 0 Å². The van der Waals surface area contributed by atoms with E-state index in [9.17, 15) is 9.18 Å². The second kappa shape index (κ2) is 7.52. The molecule has 1 heterocycles. The highest BCUT2D eigenvalue weighted by molar-refractivity contribution is 5.84. The van der Waals surface area contributed by atoms with Crippen LogP contribution in [0.5, 0.6) is 0 Å². The molecule has 1 aromatic rings. The molecule has 1 aliphatic heterocycles. The highest BCUT2D eigenvalue weighted by Crippen LogP contribution is 2.27. The number of ether oxygens (including phenoxy) is 1. The topological polar surface area (TPSA) is 41.6 Å². The molecule has 5 heteroatoms. The zero-order valence-corrected chi connectivity index (χ0v) is 12.6. The Morgan fingerprint density at radius 3 is 2.86 bits per heavy atom. The Balaban J connectivity index is 2.10. The molecular formula is C16H23FN2O2. The minimum Gasteiger partial charge on any atom is -0.385 e. The number of carbonyl (C=O) groups excluding carboxylic acids is 1. The summed E-state index contributed by atoms with van der Waals surface area (Å²) < 4.78 is 18.5. The maximum atomic E-state index is 13.4. The van der Waals surface area contributed by atoms with Crippen molar-refractivity contribution < 1.29 is 13.9 Å². The fourth-order valence-corrected chi connectivity index (χ4v) is 2.69. The number of amides is 1. The van der Waals surface area contributed by atoms with Gasteiger partial charge in [0, 0.05) is 20.3 Å². The molecule has 1 N–H and O–H groups in total. The van der Waals surface area contributed by atoms with Crippen LogP contribution in [0.25, 0.3) is 0 Å². The van der Waals surface area contributed by atoms with E-state index in [4.69, 9.17) is 4.74 Å². The number of benzene rings is 1. The van der Waals surface area contributed by atoms with Crippen LogP contribution in [0.4, 0.5) is 4.39 Å². The van der Waals surface area contributed by atoms with Gasteiger partial charge in [0.25, 0.3) is 0 Å². The lowest BCUT2D eigenvalue weighted by atomic mass is 10.1. The van der Waals surface area contributed by atoms with Crippen molar-refractivity contribution in [3.05, 3.63) is 35.6 Å². The van der Waals surface area contributed by atoms with Gasteiger partial charge in [0.15, 0.2) is 0 Å². The van der Waals surface area contributed by atoms with Gasteiger partial charge in [0.1, 0.15) is 12.0 Å². The van der Waals surface area contributed by atoms with E-state index in [1.54, 1.807) is 13.2 Å². The van der Waals surface area contributed by atoms with E-state index < -0.39 is 0 Å². The number of nitrogens with one attached hydrogen (secondary N) is 1. The van der Waals surface area contributed by atoms with Gasteiger partial charge in [-0.05, 0) is 37.0 Å². The van der Waals surface area contributed by atoms with Crippen LogP contribution in [0.2, 0.25) is 0 Å². The molecule has 0 saturated carbocycles. The summed E-state index contributed by atoms with van der Waals surface area (Å²) in [6.07, 6.45) is 2.29. The minimum absolute atomic E-state index is 0.101. The summed E-state index contributed by atoms with van der Waals surface area (Å²) in [7, 11) is 1.67. The molecule has 4 nitrogen and oxygen atoms in total. The molecule has 0 spiro atoms. The van der Waals surface area contributed by atoms with Crippen LogP contribution < -0.4 is 5.32 Å². The number of hydrogen-bond acceptors (Lipinski definition) is 3. The first-order valence-corrected chi connectivity index (χ1v) is 7.48. The molecule has 1 saturated heterocycles. The van der Waals surface area contributed by atoms with Crippen molar-refractivity contribution in [2.45, 2.75) is 38.4 Å². The molecule has 1 amide bonds. The van der Waals surface area contributed by atoms with Crippen LogP contribution in [-0.2, 0) is 9.53 Å². The van der Waals surface area contributed by atoms with E-state index in [0.717, 1.165) is 24.8 Å². The number of halogens is 1. The summed E-state index contributed by atoms with van der Waals surface area (Å²) in [5, 5.41) is 3.30. The molecule has 0 bridgehead atoms. The Morgan fingerprint density at radius 1 is 1.38 bits per heavy atom. The summed E-state index contributed by atoms with van der Waals surface area (Å²) in [5.41, 5.74) is 0.797. The van der Waals surface area contributed by atoms with Gasteiger partial charge in [-0.25, -0.2) is 4.39 Å². The molecule has 1 aromatic carbocycles. The molecule has 21 heavy (non-hydrogen) atoms. The second-order valence-corrected chi connectivity index (χ2v) is 5.32. The molecule has 2 unspecified atom stereocenters. The first kappa shape index (κ1) is 15.9. The van der Waals surface area contributed by atoms with Gasteiger partial charge in [-0.15, -0.1) is 0 Å². The Kier molecular flexibility index (Phi) is 5.70. The predicted molar refractivity (Wildman–Crippen MR) is 79.2 cm³/mol. The van der Waals surface area contributed by atoms with Crippen molar-refractivity contribution in [3.8, 4) is 0 Å². The number of methoxy groups -OCH3 is 1. The van der Waals surface area contributed by atoms with Crippen LogP contribution in [0.1, 0.15) is 37.9 Å². The summed E-state index contributed by atoms with van der Waals surface area (Å²) in [4.78, 5) is 14.2. The fraction of sp³-hybridized carbons (Fsp3) is 0.562. The van der Waals surface area contributed by atoms with Crippen molar-refractivity contribution in [1.29, 1.82) is 0 Å². The molecule has 0 aliphatic carbocycles. The van der Waals surface area contributed by atoms with Crippen molar-refractivity contribution in [1.82, 2.24) is 10.2 Å². The van der Waals surface area contributed by atoms with E-state index in [2.05, 4.69) is 5.32 Å². The lowest BCUT2D eigenvalue weighted by Gasteiger charge is -2.24. The molecule has 2 atom stereocenters. The van der Waals surface area contributed by atoms with Crippen molar-refractivity contribution >= 4 is 5.91 Å². The van der Waals surface area contributed by atoms with Crippen molar-refractivity contribution in [2.75, 3.05) is 20.3 Å². The zero-order chi connectivity index (χ0) is 15.2. The van der Waals surface area contributed by atoms with E-state index in [1.165, 1.54) is 12.1 Å². The Labute approximate surface area is 125 Å². The lowest BCUT2D eigenvalue weighted by molar-refractivity contribution is -0.130. The van der Waals surface area contributed by atoms with Gasteiger partial charge in [-0.3, -0.25) is 10.1 Å². The van der Waals surface area contributed by atoms with E-state index in [0.29, 0.717) is 13.2 Å². The Morgan fingerprint density at radius 2 is 2.19 bits per heavy atom. The number of unbranched alkanes of at least 4 members (excludes halogenated alkanes) is 1. The minimum atomic E-state index is -0.277. The third-order valence-corrected chi connectivity index (χ3v) is 3.82. The van der Waals surface area contributed by atoms with E-state index >= 15 is 0 Å². The molecule has 0 radical (unpaired) electrons. The monoisotopic (exact) mass is 294 g/mol. The van der Waals surface area contributed by atoms with Crippen LogP contribution in [0, 0.1) is 5.82 Å². The number of rotatable bonds is 7. The van der Waals surface area contributed by atoms with Crippen LogP contribution in [0.3, 0.4) is 0 Å². The average molecular weight is 294 g/mol. The SMILES string of the molecule is CCC1NC(c2cccc(F)c2)N(CCCCOC)C1=O. The molecule has 1 aliphatic rings. The molecule has 0 aromatic heterocycles. The van der Waals surface area contributed by atoms with Gasteiger partial charge >= 0.3 is 0 Å². The average Bonchev–Trinajstić information content (AvgIpc) is 2.80. The first-order chi connectivity index (χ1) is 10.2. The summed E-state index contributed by atoms with van der Waals surface area (Å²) in [5.74, 6) is -0.176. The van der Waals surface area contributed by atoms with Gasteiger partial charge in [0.2, 0.25) is 5.91 Å². The normalized spacial score (nSPS) is 22.0. The largest absolute Gasteiger partial charge is 0.385 e. The maximum absolute atomic E-state index is 13.4. The maximum Gasteiger partial charge on any atom is 0.241 e. The van der Waals surface area contributed by atoms with E-state index in [-0.39, 0.29) is 23.9 Å². The number of hydrogen-bond donors (Lipinski definition) is 1. The highest BCUT2D eigenvalue weighted by atomic mass is 19.1. The van der Waals surface area contributed by atoms with Crippen molar-refractivity contribution in [2.24, 2.45) is 0 Å². The summed E-state index contributed by atoms with van der Waals surface area (Å²) in [6, 6.07) is 6.26. The molecule has 2 rings (SSSR count). The Hall–Kier alpha value is -1.46. The molecule has 116 valence electrons. The van der Waals surface area contributed by atoms with Gasteiger partial charge in [0.05, 0.1) is 6.04 Å². The summed E-state index contributed by atoms with van der Waals surface area (Å²) >= 11 is 0. The Bertz CT molecular complexity index is 481. The van der Waals surface area contributed by atoms with Gasteiger partial charge in [-0.1, -0.05) is 19.1 Å². The quantitative estimate of drug-likeness (QED) is 0.785. The number of carbonyl (C=O) groups is 1. The third kappa shape index (κ3) is 3.80. The third-order valence-electron chi connectivity index (χ3n) is 3.82. The van der Waals surface area contributed by atoms with Crippen molar-refractivity contribution in [3.63, 3.8) is 0 Å². The molecular weight excluding hydrogens is 271 g/mol. The first-order valence-electron chi connectivity index (χ1n) is 7.48. The number of nitrogens with zero attached hydrogens (tertiary/aromatic N) is 1. The smallest absolute Gasteiger partial charge is 0.241 e. The predicted octanol–water partition coefficient (Wildman–Crippen LogP) is 2.46. The second-order valence-electron chi connectivity index (χ2n) is 5.32. The van der Waals surface area contributed by atoms with Crippen LogP contribution in [0.15, 0.2) is 24.3 Å². The van der Waals surface area contributed by atoms with E-state index in [1.807, 2.05) is 17.9 Å². The standard InChI is InChI=1S/C16H23FN2O2/c1-3-14-16(20)19(9-4-5-10-21-2)15(18-14)12-7-6-8-13(17)11-12/h6-8,11,14-15,18H,3-5,9-10H2,1-2H3. The fourth-order valence-electron chi connectivity index (χ4n) is 2.69. The van der Waals surface area contributed by atoms with Gasteiger partial charge < -0.3 is 9.64 Å².